The normalized spacial score (nSPS) is 10.8. The van der Waals surface area contributed by atoms with Gasteiger partial charge in [-0.15, -0.1) is 0 Å². The van der Waals surface area contributed by atoms with Crippen molar-refractivity contribution < 1.29 is 27.8 Å². The van der Waals surface area contributed by atoms with Crippen LogP contribution in [0.25, 0.3) is 6.08 Å². The van der Waals surface area contributed by atoms with Crippen LogP contribution in [0.1, 0.15) is 5.56 Å². The lowest BCUT2D eigenvalue weighted by atomic mass is 10.2. The molecule has 0 radical (unpaired) electrons. The molecule has 1 amide bonds. The van der Waals surface area contributed by atoms with Gasteiger partial charge in [-0.25, -0.2) is 4.79 Å². The van der Waals surface area contributed by atoms with Crippen LogP contribution >= 0.6 is 22.6 Å². The molecule has 0 spiro atoms. The number of benzene rings is 2. The van der Waals surface area contributed by atoms with Gasteiger partial charge in [0.25, 0.3) is 5.91 Å². The molecule has 0 aliphatic carbocycles. The largest absolute Gasteiger partial charge is 0.452 e. The van der Waals surface area contributed by atoms with E-state index in [1.165, 1.54) is 30.3 Å². The number of carbonyl (C=O) groups is 2. The molecule has 2 rings (SSSR count). The topological polar surface area (TPSA) is 64.6 Å². The predicted octanol–water partition coefficient (Wildman–Crippen LogP) is 4.09. The molecule has 0 aromatic heterocycles. The number of nitrogens with one attached hydrogen (secondary N) is 1. The summed E-state index contributed by atoms with van der Waals surface area (Å²) in [5.41, 5.74) is 1.19. The molecule has 26 heavy (non-hydrogen) atoms. The van der Waals surface area contributed by atoms with Crippen molar-refractivity contribution in [2.24, 2.45) is 0 Å². The minimum Gasteiger partial charge on any atom is -0.452 e. The predicted molar refractivity (Wildman–Crippen MR) is 101 cm³/mol. The second kappa shape index (κ2) is 9.85. The highest BCUT2D eigenvalue weighted by Gasteiger charge is 2.06. The summed E-state index contributed by atoms with van der Waals surface area (Å²) >= 11 is 2.15. The molecule has 0 aliphatic heterocycles. The van der Waals surface area contributed by atoms with Crippen molar-refractivity contribution >= 4 is 46.2 Å². The van der Waals surface area contributed by atoms with Crippen LogP contribution in [0.15, 0.2) is 54.6 Å². The molecule has 0 fully saturated rings. The van der Waals surface area contributed by atoms with Gasteiger partial charge in [0.15, 0.2) is 6.61 Å². The van der Waals surface area contributed by atoms with Gasteiger partial charge < -0.3 is 14.8 Å². The first-order chi connectivity index (χ1) is 12.4. The van der Waals surface area contributed by atoms with E-state index in [1.807, 2.05) is 12.1 Å². The number of ether oxygens (including phenoxy) is 2. The molecule has 0 saturated carbocycles. The summed E-state index contributed by atoms with van der Waals surface area (Å²) in [5.74, 6) is -1.14. The van der Waals surface area contributed by atoms with Crippen LogP contribution < -0.4 is 10.1 Å². The van der Waals surface area contributed by atoms with E-state index in [1.54, 1.807) is 12.1 Å². The number of carbonyl (C=O) groups excluding carboxylic acids is 2. The van der Waals surface area contributed by atoms with E-state index in [9.17, 15) is 18.4 Å². The van der Waals surface area contributed by atoms with Crippen LogP contribution in [0.3, 0.4) is 0 Å². The van der Waals surface area contributed by atoms with E-state index < -0.39 is 25.1 Å². The molecule has 0 bridgehead atoms. The fourth-order valence-corrected chi connectivity index (χ4v) is 2.20. The average Bonchev–Trinajstić information content (AvgIpc) is 2.61. The number of alkyl halides is 2. The molecule has 1 N–H and O–H groups in total. The third-order valence-electron chi connectivity index (χ3n) is 2.99. The summed E-state index contributed by atoms with van der Waals surface area (Å²) in [5, 5.41) is 2.60. The third kappa shape index (κ3) is 7.18. The maximum Gasteiger partial charge on any atom is 0.387 e. The number of hydrogen-bond acceptors (Lipinski definition) is 4. The second-order valence-corrected chi connectivity index (χ2v) is 6.19. The van der Waals surface area contributed by atoms with Crippen molar-refractivity contribution in [3.05, 3.63) is 63.7 Å². The molecule has 0 unspecified atom stereocenters. The molecule has 0 atom stereocenters. The Labute approximate surface area is 162 Å². The Morgan fingerprint density at radius 2 is 1.73 bits per heavy atom. The lowest BCUT2D eigenvalue weighted by Crippen LogP contribution is -2.20. The zero-order valence-electron chi connectivity index (χ0n) is 13.3. The van der Waals surface area contributed by atoms with Crippen molar-refractivity contribution in [3.63, 3.8) is 0 Å². The molecular formula is C18H14F2INO4. The highest BCUT2D eigenvalue weighted by atomic mass is 127. The SMILES string of the molecule is O=C(COC(=O)/C=C/c1ccc(OC(F)F)cc1)Nc1ccc(I)cc1. The summed E-state index contributed by atoms with van der Waals surface area (Å²) in [6.07, 6.45) is 2.58. The number of anilines is 1. The maximum absolute atomic E-state index is 12.0. The van der Waals surface area contributed by atoms with E-state index in [2.05, 4.69) is 32.6 Å². The summed E-state index contributed by atoms with van der Waals surface area (Å²) < 4.78 is 34.2. The van der Waals surface area contributed by atoms with Gasteiger partial charge in [0.2, 0.25) is 0 Å². The van der Waals surface area contributed by atoms with Crippen molar-refractivity contribution in [1.82, 2.24) is 0 Å². The van der Waals surface area contributed by atoms with Crippen molar-refractivity contribution in [2.75, 3.05) is 11.9 Å². The van der Waals surface area contributed by atoms with Crippen molar-refractivity contribution in [1.29, 1.82) is 0 Å². The smallest absolute Gasteiger partial charge is 0.387 e. The molecule has 8 heteroatoms. The minimum absolute atomic E-state index is 0.0204. The highest BCUT2D eigenvalue weighted by molar-refractivity contribution is 14.1. The Kier molecular flexibility index (Phi) is 7.52. The lowest BCUT2D eigenvalue weighted by Gasteiger charge is -2.05. The molecule has 0 aliphatic rings. The Balaban J connectivity index is 1.77. The van der Waals surface area contributed by atoms with Crippen LogP contribution in [-0.4, -0.2) is 25.1 Å². The Bertz CT molecular complexity index is 777. The molecule has 5 nitrogen and oxygen atoms in total. The third-order valence-corrected chi connectivity index (χ3v) is 3.71. The van der Waals surface area contributed by atoms with Gasteiger partial charge in [-0.1, -0.05) is 12.1 Å². The number of hydrogen-bond donors (Lipinski definition) is 1. The first kappa shape index (κ1) is 19.8. The summed E-state index contributed by atoms with van der Waals surface area (Å²) in [7, 11) is 0. The van der Waals surface area contributed by atoms with Gasteiger partial charge in [-0.2, -0.15) is 8.78 Å². The van der Waals surface area contributed by atoms with Gasteiger partial charge in [-0.3, -0.25) is 4.79 Å². The van der Waals surface area contributed by atoms with E-state index in [0.717, 1.165) is 9.65 Å². The molecule has 136 valence electrons. The van der Waals surface area contributed by atoms with Crippen molar-refractivity contribution in [3.8, 4) is 5.75 Å². The van der Waals surface area contributed by atoms with Gasteiger partial charge in [0, 0.05) is 15.3 Å². The second-order valence-electron chi connectivity index (χ2n) is 4.94. The number of halogens is 3. The first-order valence-corrected chi connectivity index (χ1v) is 8.45. The van der Waals surface area contributed by atoms with Crippen LogP contribution in [-0.2, 0) is 14.3 Å². The zero-order valence-corrected chi connectivity index (χ0v) is 15.5. The summed E-state index contributed by atoms with van der Waals surface area (Å²) in [6, 6.07) is 12.9. The van der Waals surface area contributed by atoms with Crippen molar-refractivity contribution in [2.45, 2.75) is 6.61 Å². The van der Waals surface area contributed by atoms with Crippen LogP contribution in [0, 0.1) is 3.57 Å². The summed E-state index contributed by atoms with van der Waals surface area (Å²) in [6.45, 7) is -3.31. The first-order valence-electron chi connectivity index (χ1n) is 7.37. The van der Waals surface area contributed by atoms with Gasteiger partial charge in [0.05, 0.1) is 0 Å². The van der Waals surface area contributed by atoms with E-state index in [-0.39, 0.29) is 5.75 Å². The molecular weight excluding hydrogens is 459 g/mol. The fourth-order valence-electron chi connectivity index (χ4n) is 1.84. The molecule has 2 aromatic rings. The van der Waals surface area contributed by atoms with Gasteiger partial charge in [0.1, 0.15) is 5.75 Å². The number of rotatable bonds is 7. The zero-order chi connectivity index (χ0) is 18.9. The van der Waals surface area contributed by atoms with E-state index in [0.29, 0.717) is 11.3 Å². The lowest BCUT2D eigenvalue weighted by molar-refractivity contribution is -0.142. The Morgan fingerprint density at radius 3 is 2.35 bits per heavy atom. The quantitative estimate of drug-likeness (QED) is 0.374. The minimum atomic E-state index is -2.89. The molecule has 2 aromatic carbocycles. The van der Waals surface area contributed by atoms with Crippen LogP contribution in [0.5, 0.6) is 5.75 Å². The van der Waals surface area contributed by atoms with Crippen LogP contribution in [0.4, 0.5) is 14.5 Å². The van der Waals surface area contributed by atoms with Gasteiger partial charge >= 0.3 is 12.6 Å². The van der Waals surface area contributed by atoms with Crippen LogP contribution in [0.2, 0.25) is 0 Å². The molecule has 0 saturated heterocycles. The monoisotopic (exact) mass is 473 g/mol. The van der Waals surface area contributed by atoms with E-state index in [4.69, 9.17) is 4.74 Å². The standard InChI is InChI=1S/C18H14F2INO4/c19-18(20)26-15-8-1-12(2-9-15)3-10-17(24)25-11-16(23)22-14-6-4-13(21)5-7-14/h1-10,18H,11H2,(H,22,23)/b10-3+. The Hall–Kier alpha value is -2.49. The fraction of sp³-hybridized carbons (Fsp3) is 0.111. The highest BCUT2D eigenvalue weighted by Crippen LogP contribution is 2.15. The molecule has 0 heterocycles. The number of esters is 1. The number of amides is 1. The maximum atomic E-state index is 12.0. The average molecular weight is 473 g/mol. The van der Waals surface area contributed by atoms with E-state index >= 15 is 0 Å². The summed E-state index contributed by atoms with van der Waals surface area (Å²) in [4.78, 5) is 23.3. The van der Waals surface area contributed by atoms with Gasteiger partial charge in [-0.05, 0) is 70.6 Å². The Morgan fingerprint density at radius 1 is 1.08 bits per heavy atom.